The molecule has 1 aliphatic heterocycles. The van der Waals surface area contributed by atoms with Crippen molar-refractivity contribution in [3.63, 3.8) is 0 Å². The lowest BCUT2D eigenvalue weighted by Gasteiger charge is -2.40. The van der Waals surface area contributed by atoms with Crippen LogP contribution in [0.1, 0.15) is 24.6 Å². The van der Waals surface area contributed by atoms with E-state index >= 15 is 0 Å². The highest BCUT2D eigenvalue weighted by Crippen LogP contribution is 2.38. The Labute approximate surface area is 156 Å². The highest BCUT2D eigenvalue weighted by Gasteiger charge is 2.32. The van der Waals surface area contributed by atoms with E-state index in [1.807, 2.05) is 16.6 Å². The lowest BCUT2D eigenvalue weighted by molar-refractivity contribution is 0.401. The third-order valence-electron chi connectivity index (χ3n) is 5.05. The van der Waals surface area contributed by atoms with Crippen molar-refractivity contribution in [1.29, 1.82) is 0 Å². The zero-order valence-corrected chi connectivity index (χ0v) is 15.7. The molecular weight excluding hydrogens is 368 g/mol. The van der Waals surface area contributed by atoms with Gasteiger partial charge in [-0.2, -0.15) is 9.61 Å². The zero-order chi connectivity index (χ0) is 18.6. The largest absolute Gasteiger partial charge is 0.354 e. The summed E-state index contributed by atoms with van der Waals surface area (Å²) in [6.45, 7) is 1.92. The summed E-state index contributed by atoms with van der Waals surface area (Å²) in [4.78, 5) is 2.33. The van der Waals surface area contributed by atoms with Gasteiger partial charge in [-0.25, -0.2) is 13.1 Å². The van der Waals surface area contributed by atoms with Gasteiger partial charge in [0.2, 0.25) is 10.0 Å². The monoisotopic (exact) mass is 388 g/mol. The minimum atomic E-state index is -3.51. The zero-order valence-electron chi connectivity index (χ0n) is 14.9. The molecule has 142 valence electrons. The first-order valence-corrected chi connectivity index (χ1v) is 10.4. The molecule has 10 nitrogen and oxygen atoms in total. The van der Waals surface area contributed by atoms with Gasteiger partial charge in [0.25, 0.3) is 0 Å². The first kappa shape index (κ1) is 16.6. The Morgan fingerprint density at radius 2 is 2.04 bits per heavy atom. The standard InChI is InChI=1S/C16H20N8O2S/c1-22-10-13(7-17-22)27(25,26)18-6-11-8-23(9-11)15-5-4-14-19-20-16(12-2-3-12)24(14)21-15/h4-5,7,10-12,18H,2-3,6,8-9H2,1H3. The molecule has 0 aromatic carbocycles. The summed E-state index contributed by atoms with van der Waals surface area (Å²) in [5.74, 6) is 2.54. The van der Waals surface area contributed by atoms with Crippen LogP contribution in [-0.2, 0) is 17.1 Å². The van der Waals surface area contributed by atoms with Crippen LogP contribution in [0.3, 0.4) is 0 Å². The Kier molecular flexibility index (Phi) is 3.69. The molecule has 4 heterocycles. The number of aryl methyl sites for hydroxylation is 1. The number of sulfonamides is 1. The third kappa shape index (κ3) is 3.06. The molecule has 2 fully saturated rings. The van der Waals surface area contributed by atoms with Crippen LogP contribution in [0.4, 0.5) is 5.82 Å². The summed E-state index contributed by atoms with van der Waals surface area (Å²) in [6.07, 6.45) is 5.14. The van der Waals surface area contributed by atoms with Gasteiger partial charge in [-0.1, -0.05) is 0 Å². The van der Waals surface area contributed by atoms with Crippen LogP contribution in [0.5, 0.6) is 0 Å². The van der Waals surface area contributed by atoms with Crippen LogP contribution in [0.25, 0.3) is 5.65 Å². The molecule has 0 spiro atoms. The van der Waals surface area contributed by atoms with Crippen molar-refractivity contribution in [1.82, 2.24) is 34.3 Å². The Morgan fingerprint density at radius 1 is 1.22 bits per heavy atom. The molecule has 3 aromatic rings. The van der Waals surface area contributed by atoms with Gasteiger partial charge in [0.15, 0.2) is 11.5 Å². The van der Waals surface area contributed by atoms with Crippen molar-refractivity contribution in [2.24, 2.45) is 13.0 Å². The maximum absolute atomic E-state index is 12.3. The van der Waals surface area contributed by atoms with Crippen molar-refractivity contribution in [3.05, 3.63) is 30.4 Å². The van der Waals surface area contributed by atoms with Crippen LogP contribution in [0.15, 0.2) is 29.4 Å². The van der Waals surface area contributed by atoms with Gasteiger partial charge in [0, 0.05) is 44.7 Å². The van der Waals surface area contributed by atoms with Crippen LogP contribution in [0, 0.1) is 5.92 Å². The van der Waals surface area contributed by atoms with Crippen LogP contribution in [-0.4, -0.2) is 57.6 Å². The minimum Gasteiger partial charge on any atom is -0.354 e. The molecule has 0 amide bonds. The second-order valence-corrected chi connectivity index (χ2v) is 9.03. The van der Waals surface area contributed by atoms with Crippen molar-refractivity contribution in [3.8, 4) is 0 Å². The number of rotatable bonds is 6. The van der Waals surface area contributed by atoms with Crippen LogP contribution < -0.4 is 9.62 Å². The maximum atomic E-state index is 12.3. The predicted molar refractivity (Wildman–Crippen MR) is 96.9 cm³/mol. The lowest BCUT2D eigenvalue weighted by Crippen LogP contribution is -2.51. The number of anilines is 1. The van der Waals surface area contributed by atoms with Crippen molar-refractivity contribution < 1.29 is 8.42 Å². The predicted octanol–water partition coefficient (Wildman–Crippen LogP) is 0.150. The molecule has 11 heteroatoms. The average molecular weight is 388 g/mol. The van der Waals surface area contributed by atoms with E-state index in [9.17, 15) is 8.42 Å². The average Bonchev–Trinajstić information content (AvgIpc) is 3.20. The third-order valence-corrected chi connectivity index (χ3v) is 6.43. The van der Waals surface area contributed by atoms with E-state index in [0.29, 0.717) is 12.5 Å². The van der Waals surface area contributed by atoms with E-state index in [2.05, 4.69) is 30.0 Å². The van der Waals surface area contributed by atoms with Crippen molar-refractivity contribution in [2.45, 2.75) is 23.7 Å². The fourth-order valence-corrected chi connectivity index (χ4v) is 4.39. The quantitative estimate of drug-likeness (QED) is 0.640. The lowest BCUT2D eigenvalue weighted by atomic mass is 10.0. The van der Waals surface area contributed by atoms with Gasteiger partial charge >= 0.3 is 0 Å². The maximum Gasteiger partial charge on any atom is 0.243 e. The molecule has 1 aliphatic carbocycles. The molecular formula is C16H20N8O2S. The summed E-state index contributed by atoms with van der Waals surface area (Å²) in [5, 5.41) is 17.0. The number of nitrogens with one attached hydrogen (secondary N) is 1. The Bertz CT molecular complexity index is 1090. The van der Waals surface area contributed by atoms with E-state index in [4.69, 9.17) is 0 Å². The first-order valence-electron chi connectivity index (χ1n) is 8.95. The van der Waals surface area contributed by atoms with Crippen molar-refractivity contribution in [2.75, 3.05) is 24.5 Å². The number of hydrogen-bond donors (Lipinski definition) is 1. The SMILES string of the molecule is Cn1cc(S(=O)(=O)NCC2CN(c3ccc4nnc(C5CC5)n4n3)C2)cn1. The van der Waals surface area contributed by atoms with E-state index < -0.39 is 10.0 Å². The fourth-order valence-electron chi connectivity index (χ4n) is 3.30. The molecule has 0 radical (unpaired) electrons. The van der Waals surface area contributed by atoms with Gasteiger partial charge in [-0.15, -0.1) is 15.3 Å². The number of fused-ring (bicyclic) bond motifs is 1. The van der Waals surface area contributed by atoms with Gasteiger partial charge in [-0.05, 0) is 25.0 Å². The highest BCUT2D eigenvalue weighted by atomic mass is 32.2. The second kappa shape index (κ2) is 5.99. The van der Waals surface area contributed by atoms with Gasteiger partial charge in [-0.3, -0.25) is 4.68 Å². The normalized spacial score (nSPS) is 18.2. The summed E-state index contributed by atoms with van der Waals surface area (Å²) in [6, 6.07) is 3.87. The molecule has 2 aliphatic rings. The van der Waals surface area contributed by atoms with E-state index in [0.717, 1.165) is 43.2 Å². The molecule has 1 N–H and O–H groups in total. The molecule has 0 bridgehead atoms. The molecule has 1 saturated carbocycles. The van der Waals surface area contributed by atoms with E-state index in [1.165, 1.54) is 17.1 Å². The number of hydrogen-bond acceptors (Lipinski definition) is 7. The second-order valence-electron chi connectivity index (χ2n) is 7.27. The van der Waals surface area contributed by atoms with E-state index in [-0.39, 0.29) is 10.8 Å². The van der Waals surface area contributed by atoms with Gasteiger partial charge < -0.3 is 4.90 Å². The number of aromatic nitrogens is 6. The van der Waals surface area contributed by atoms with Gasteiger partial charge in [0.1, 0.15) is 10.7 Å². The molecule has 0 unspecified atom stereocenters. The Balaban J connectivity index is 1.22. The Morgan fingerprint density at radius 3 is 2.74 bits per heavy atom. The topological polar surface area (TPSA) is 110 Å². The minimum absolute atomic E-state index is 0.188. The summed E-state index contributed by atoms with van der Waals surface area (Å²) in [5.41, 5.74) is 0.766. The molecule has 27 heavy (non-hydrogen) atoms. The number of nitrogens with zero attached hydrogens (tertiary/aromatic N) is 7. The first-order chi connectivity index (χ1) is 13.0. The summed E-state index contributed by atoms with van der Waals surface area (Å²) < 4.78 is 30.5. The Hall–Kier alpha value is -2.53. The molecule has 3 aromatic heterocycles. The fraction of sp³-hybridized carbons (Fsp3) is 0.500. The van der Waals surface area contributed by atoms with Crippen LogP contribution >= 0.6 is 0 Å². The van der Waals surface area contributed by atoms with E-state index in [1.54, 1.807) is 7.05 Å². The summed E-state index contributed by atoms with van der Waals surface area (Å²) >= 11 is 0. The molecule has 0 atom stereocenters. The smallest absolute Gasteiger partial charge is 0.243 e. The van der Waals surface area contributed by atoms with Crippen LogP contribution in [0.2, 0.25) is 0 Å². The highest BCUT2D eigenvalue weighted by molar-refractivity contribution is 7.89. The van der Waals surface area contributed by atoms with Crippen molar-refractivity contribution >= 4 is 21.5 Å². The molecule has 1 saturated heterocycles. The van der Waals surface area contributed by atoms with Gasteiger partial charge in [0.05, 0.1) is 6.20 Å². The summed E-state index contributed by atoms with van der Waals surface area (Å²) in [7, 11) is -1.82. The molecule has 5 rings (SSSR count).